The molecule has 0 radical (unpaired) electrons. The Morgan fingerprint density at radius 3 is 3.20 bits per heavy atom. The number of ether oxygens (including phenoxy) is 1. The zero-order chi connectivity index (χ0) is 14.1. The Morgan fingerprint density at radius 2 is 2.40 bits per heavy atom. The molecule has 3 heterocycles. The molecule has 0 spiro atoms. The van der Waals surface area contributed by atoms with Gasteiger partial charge in [-0.05, 0) is 6.07 Å². The highest BCUT2D eigenvalue weighted by atomic mass is 35.5. The Hall–Kier alpha value is -1.37. The number of nitrogens with zero attached hydrogens (tertiary/aromatic N) is 3. The van der Waals surface area contributed by atoms with Crippen LogP contribution in [0, 0.1) is 0 Å². The number of rotatable bonds is 2. The SMILES string of the molecule is O=C1C[C@@H]2COCCN2c2cc(Cl)cnc2N1CCO. The van der Waals surface area contributed by atoms with Gasteiger partial charge in [0.2, 0.25) is 5.91 Å². The van der Waals surface area contributed by atoms with E-state index in [-0.39, 0.29) is 25.1 Å². The van der Waals surface area contributed by atoms with Gasteiger partial charge in [0.1, 0.15) is 0 Å². The van der Waals surface area contributed by atoms with E-state index in [2.05, 4.69) is 9.88 Å². The first kappa shape index (κ1) is 13.6. The van der Waals surface area contributed by atoms with E-state index in [4.69, 9.17) is 16.3 Å². The summed E-state index contributed by atoms with van der Waals surface area (Å²) in [5, 5.41) is 9.72. The van der Waals surface area contributed by atoms with Crippen molar-refractivity contribution in [2.24, 2.45) is 0 Å². The third kappa shape index (κ3) is 2.34. The highest BCUT2D eigenvalue weighted by molar-refractivity contribution is 6.30. The maximum atomic E-state index is 12.4. The van der Waals surface area contributed by atoms with Gasteiger partial charge in [0, 0.05) is 19.2 Å². The van der Waals surface area contributed by atoms with E-state index in [0.29, 0.717) is 37.0 Å². The average molecular weight is 298 g/mol. The van der Waals surface area contributed by atoms with E-state index in [1.54, 1.807) is 0 Å². The quantitative estimate of drug-likeness (QED) is 0.869. The van der Waals surface area contributed by atoms with E-state index in [9.17, 15) is 9.90 Å². The highest BCUT2D eigenvalue weighted by Gasteiger charge is 2.35. The molecular formula is C13H16ClN3O3. The molecule has 2 aliphatic rings. The summed E-state index contributed by atoms with van der Waals surface area (Å²) >= 11 is 6.05. The second kappa shape index (κ2) is 5.55. The second-order valence-corrected chi connectivity index (χ2v) is 5.33. The zero-order valence-electron chi connectivity index (χ0n) is 11.0. The molecular weight excluding hydrogens is 282 g/mol. The van der Waals surface area contributed by atoms with Crippen molar-refractivity contribution in [1.82, 2.24) is 4.98 Å². The third-order valence-corrected chi connectivity index (χ3v) is 3.85. The number of aliphatic hydroxyl groups is 1. The lowest BCUT2D eigenvalue weighted by Crippen LogP contribution is -2.46. The Balaban J connectivity index is 2.08. The third-order valence-electron chi connectivity index (χ3n) is 3.64. The minimum atomic E-state index is -0.101. The van der Waals surface area contributed by atoms with Crippen molar-refractivity contribution < 1.29 is 14.6 Å². The Labute approximate surface area is 121 Å². The van der Waals surface area contributed by atoms with Crippen LogP contribution in [0.25, 0.3) is 0 Å². The van der Waals surface area contributed by atoms with E-state index in [0.717, 1.165) is 5.69 Å². The van der Waals surface area contributed by atoms with Gasteiger partial charge in [-0.2, -0.15) is 0 Å². The predicted molar refractivity (Wildman–Crippen MR) is 75.3 cm³/mol. The summed E-state index contributed by atoms with van der Waals surface area (Å²) < 4.78 is 5.47. The molecule has 6 nitrogen and oxygen atoms in total. The van der Waals surface area contributed by atoms with E-state index in [1.165, 1.54) is 11.1 Å². The molecule has 20 heavy (non-hydrogen) atoms. The van der Waals surface area contributed by atoms with Gasteiger partial charge in [0.15, 0.2) is 5.82 Å². The van der Waals surface area contributed by atoms with Gasteiger partial charge in [0.05, 0.1) is 43.1 Å². The molecule has 1 saturated heterocycles. The molecule has 1 atom stereocenters. The molecule has 0 unspecified atom stereocenters. The van der Waals surface area contributed by atoms with Crippen LogP contribution in [0.3, 0.4) is 0 Å². The van der Waals surface area contributed by atoms with E-state index < -0.39 is 0 Å². The molecule has 108 valence electrons. The smallest absolute Gasteiger partial charge is 0.230 e. The lowest BCUT2D eigenvalue weighted by molar-refractivity contribution is -0.119. The highest BCUT2D eigenvalue weighted by Crippen LogP contribution is 2.35. The molecule has 0 aromatic carbocycles. The number of hydrogen-bond donors (Lipinski definition) is 1. The fourth-order valence-corrected chi connectivity index (χ4v) is 2.89. The van der Waals surface area contributed by atoms with Crippen LogP contribution in [0.15, 0.2) is 12.3 Å². The first-order chi connectivity index (χ1) is 9.70. The normalized spacial score (nSPS) is 22.3. The van der Waals surface area contributed by atoms with Crippen molar-refractivity contribution in [3.63, 3.8) is 0 Å². The molecule has 2 aliphatic heterocycles. The Bertz CT molecular complexity index is 526. The monoisotopic (exact) mass is 297 g/mol. The van der Waals surface area contributed by atoms with Crippen molar-refractivity contribution >= 4 is 29.0 Å². The molecule has 1 amide bonds. The Morgan fingerprint density at radius 1 is 1.55 bits per heavy atom. The topological polar surface area (TPSA) is 65.9 Å². The van der Waals surface area contributed by atoms with Gasteiger partial charge in [-0.25, -0.2) is 4.98 Å². The van der Waals surface area contributed by atoms with E-state index >= 15 is 0 Å². The molecule has 3 rings (SSSR count). The predicted octanol–water partition coefficient (Wildman–Crippen LogP) is 0.669. The van der Waals surface area contributed by atoms with Crippen LogP contribution in [0.2, 0.25) is 5.02 Å². The lowest BCUT2D eigenvalue weighted by atomic mass is 10.1. The van der Waals surface area contributed by atoms with Crippen molar-refractivity contribution in [2.75, 3.05) is 42.7 Å². The molecule has 7 heteroatoms. The number of carbonyl (C=O) groups is 1. The summed E-state index contributed by atoms with van der Waals surface area (Å²) in [5.74, 6) is 0.519. The zero-order valence-corrected chi connectivity index (χ0v) is 11.7. The van der Waals surface area contributed by atoms with Crippen LogP contribution in [-0.4, -0.2) is 54.9 Å². The lowest BCUT2D eigenvalue weighted by Gasteiger charge is -2.35. The number of fused-ring (bicyclic) bond motifs is 3. The fourth-order valence-electron chi connectivity index (χ4n) is 2.74. The van der Waals surface area contributed by atoms with Crippen molar-refractivity contribution in [2.45, 2.75) is 12.5 Å². The number of carbonyl (C=O) groups excluding carboxylic acids is 1. The summed E-state index contributed by atoms with van der Waals surface area (Å²) in [6.45, 7) is 1.99. The molecule has 1 N–H and O–H groups in total. The number of halogens is 1. The van der Waals surface area contributed by atoms with Crippen LogP contribution in [0.1, 0.15) is 6.42 Å². The van der Waals surface area contributed by atoms with Gasteiger partial charge in [-0.1, -0.05) is 11.6 Å². The van der Waals surface area contributed by atoms with Gasteiger partial charge < -0.3 is 14.7 Å². The number of aliphatic hydroxyl groups excluding tert-OH is 1. The van der Waals surface area contributed by atoms with Gasteiger partial charge in [0.25, 0.3) is 0 Å². The number of pyridine rings is 1. The standard InChI is InChI=1S/C13H16ClN3O3/c14-9-5-11-13(15-7-9)17(1-3-18)12(19)6-10-8-20-4-2-16(10)11/h5,7,10,18H,1-4,6,8H2/t10-/m1/s1. The average Bonchev–Trinajstić information content (AvgIpc) is 2.55. The number of anilines is 2. The minimum absolute atomic E-state index is 0.000963. The molecule has 1 aromatic rings. The number of β-amino-alcohol motifs (C(OH)–C–C–N with tert-alkyl or cyclic N) is 1. The molecule has 0 saturated carbocycles. The van der Waals surface area contributed by atoms with Gasteiger partial charge >= 0.3 is 0 Å². The van der Waals surface area contributed by atoms with Crippen LogP contribution in [-0.2, 0) is 9.53 Å². The fraction of sp³-hybridized carbons (Fsp3) is 0.538. The van der Waals surface area contributed by atoms with Gasteiger partial charge in [-0.15, -0.1) is 0 Å². The maximum absolute atomic E-state index is 12.4. The van der Waals surface area contributed by atoms with E-state index in [1.807, 2.05) is 6.07 Å². The summed E-state index contributed by atoms with van der Waals surface area (Å²) in [4.78, 5) is 20.3. The number of hydrogen-bond acceptors (Lipinski definition) is 5. The van der Waals surface area contributed by atoms with Crippen molar-refractivity contribution in [3.05, 3.63) is 17.3 Å². The van der Waals surface area contributed by atoms with Gasteiger partial charge in [-0.3, -0.25) is 9.69 Å². The minimum Gasteiger partial charge on any atom is -0.395 e. The largest absolute Gasteiger partial charge is 0.395 e. The van der Waals surface area contributed by atoms with Crippen LogP contribution in [0.4, 0.5) is 11.5 Å². The maximum Gasteiger partial charge on any atom is 0.230 e. The van der Waals surface area contributed by atoms with Crippen LogP contribution in [0.5, 0.6) is 0 Å². The number of aromatic nitrogens is 1. The van der Waals surface area contributed by atoms with Crippen molar-refractivity contribution in [3.8, 4) is 0 Å². The first-order valence-corrected chi connectivity index (χ1v) is 6.99. The summed E-state index contributed by atoms with van der Waals surface area (Å²) in [5.41, 5.74) is 0.838. The summed E-state index contributed by atoms with van der Waals surface area (Å²) in [6, 6.07) is 1.82. The molecule has 1 aromatic heterocycles. The number of amides is 1. The molecule has 0 aliphatic carbocycles. The number of morpholine rings is 1. The molecule has 0 bridgehead atoms. The van der Waals surface area contributed by atoms with Crippen molar-refractivity contribution in [1.29, 1.82) is 0 Å². The summed E-state index contributed by atoms with van der Waals surface area (Å²) in [6.07, 6.45) is 1.88. The second-order valence-electron chi connectivity index (χ2n) is 4.89. The first-order valence-electron chi connectivity index (χ1n) is 6.62. The Kier molecular flexibility index (Phi) is 3.78. The van der Waals surface area contributed by atoms with Crippen LogP contribution < -0.4 is 9.80 Å². The molecule has 1 fully saturated rings. The van der Waals surface area contributed by atoms with Crippen LogP contribution >= 0.6 is 11.6 Å². The summed E-state index contributed by atoms with van der Waals surface area (Å²) in [7, 11) is 0.